The lowest BCUT2D eigenvalue weighted by Gasteiger charge is -2.25. The molecule has 4 nitrogen and oxygen atoms in total. The molecule has 0 aliphatic rings. The summed E-state index contributed by atoms with van der Waals surface area (Å²) in [5.41, 5.74) is 5.89. The van der Waals surface area contributed by atoms with Crippen LogP contribution in [0.5, 0.6) is 0 Å². The van der Waals surface area contributed by atoms with Gasteiger partial charge in [-0.2, -0.15) is 0 Å². The van der Waals surface area contributed by atoms with Gasteiger partial charge in [0.1, 0.15) is 0 Å². The van der Waals surface area contributed by atoms with E-state index >= 15 is 0 Å². The quantitative estimate of drug-likeness (QED) is 0.782. The average molecular weight is 285 g/mol. The molecule has 1 unspecified atom stereocenters. The van der Waals surface area contributed by atoms with Crippen molar-refractivity contribution in [2.24, 2.45) is 11.1 Å². The number of nitrogens with one attached hydrogen (secondary N) is 1. The van der Waals surface area contributed by atoms with E-state index in [1.54, 1.807) is 18.3 Å². The van der Waals surface area contributed by atoms with E-state index in [9.17, 15) is 4.79 Å². The van der Waals surface area contributed by atoms with Crippen molar-refractivity contribution in [2.45, 2.75) is 33.6 Å². The summed E-state index contributed by atoms with van der Waals surface area (Å²) in [4.78, 5) is 16.6. The highest BCUT2D eigenvalue weighted by Crippen LogP contribution is 2.21. The molecule has 1 atom stereocenters. The fourth-order valence-corrected chi connectivity index (χ4v) is 2.46. The molecule has 0 saturated heterocycles. The van der Waals surface area contributed by atoms with Gasteiger partial charge in [-0.3, -0.25) is 4.79 Å². The van der Waals surface area contributed by atoms with Crippen LogP contribution in [-0.4, -0.2) is 22.4 Å². The second-order valence-corrected chi connectivity index (χ2v) is 5.82. The summed E-state index contributed by atoms with van der Waals surface area (Å²) in [5, 5.41) is 5.90. The monoisotopic (exact) mass is 285 g/mol. The molecular weight excluding hydrogens is 266 g/mol. The van der Waals surface area contributed by atoms with Crippen molar-refractivity contribution in [3.63, 3.8) is 0 Å². The lowest BCUT2D eigenvalue weighted by molar-refractivity contribution is -0.126. The Hall–Kier alpha value is -1.01. The number of nitrogens with two attached hydrogens (primary N) is 1. The second kappa shape index (κ2) is 6.24. The SMILES string of the molecule is CCC(C)(C(=O)NCCc1nc(C)cs1)C(N)=S. The summed E-state index contributed by atoms with van der Waals surface area (Å²) in [5.74, 6) is -0.106. The maximum Gasteiger partial charge on any atom is 0.232 e. The molecule has 1 heterocycles. The van der Waals surface area contributed by atoms with E-state index in [0.29, 0.717) is 13.0 Å². The van der Waals surface area contributed by atoms with E-state index in [1.807, 2.05) is 19.2 Å². The number of amides is 1. The predicted molar refractivity (Wildman–Crippen MR) is 78.7 cm³/mol. The zero-order valence-corrected chi connectivity index (χ0v) is 12.6. The first-order valence-corrected chi connectivity index (χ1v) is 7.18. The lowest BCUT2D eigenvalue weighted by atomic mass is 9.86. The van der Waals surface area contributed by atoms with Gasteiger partial charge >= 0.3 is 0 Å². The molecule has 0 saturated carbocycles. The molecule has 6 heteroatoms. The van der Waals surface area contributed by atoms with Gasteiger partial charge in [0.25, 0.3) is 0 Å². The van der Waals surface area contributed by atoms with Crippen LogP contribution in [0.1, 0.15) is 31.0 Å². The normalized spacial score (nSPS) is 13.9. The zero-order valence-electron chi connectivity index (χ0n) is 10.9. The molecule has 3 N–H and O–H groups in total. The molecular formula is C12H19N3OS2. The van der Waals surface area contributed by atoms with Crippen molar-refractivity contribution in [2.75, 3.05) is 6.54 Å². The van der Waals surface area contributed by atoms with Crippen molar-refractivity contribution >= 4 is 34.5 Å². The van der Waals surface area contributed by atoms with Crippen LogP contribution in [0.25, 0.3) is 0 Å². The Morgan fingerprint density at radius 1 is 1.67 bits per heavy atom. The van der Waals surface area contributed by atoms with Crippen molar-refractivity contribution in [3.8, 4) is 0 Å². The highest BCUT2D eigenvalue weighted by atomic mass is 32.1. The van der Waals surface area contributed by atoms with Crippen LogP contribution in [-0.2, 0) is 11.2 Å². The van der Waals surface area contributed by atoms with Gasteiger partial charge in [-0.25, -0.2) is 4.98 Å². The van der Waals surface area contributed by atoms with E-state index in [1.165, 1.54) is 0 Å². The number of carbonyl (C=O) groups is 1. The maximum absolute atomic E-state index is 12.0. The number of aromatic nitrogens is 1. The Kier molecular flexibility index (Phi) is 5.22. The van der Waals surface area contributed by atoms with Crippen molar-refractivity contribution in [3.05, 3.63) is 16.1 Å². The Labute approximate surface area is 117 Å². The van der Waals surface area contributed by atoms with Crippen LogP contribution in [0.2, 0.25) is 0 Å². The molecule has 0 aliphatic heterocycles. The number of nitrogens with zero attached hydrogens (tertiary/aromatic N) is 1. The third-order valence-corrected chi connectivity index (χ3v) is 4.52. The lowest BCUT2D eigenvalue weighted by Crippen LogP contribution is -2.47. The highest BCUT2D eigenvalue weighted by Gasteiger charge is 2.34. The van der Waals surface area contributed by atoms with E-state index in [0.717, 1.165) is 17.1 Å². The zero-order chi connectivity index (χ0) is 13.8. The standard InChI is InChI=1S/C12H19N3OS2/c1-4-12(3,10(13)17)11(16)14-6-5-9-15-8(2)7-18-9/h7H,4-6H2,1-3H3,(H2,13,17)(H,14,16). The summed E-state index contributed by atoms with van der Waals surface area (Å²) in [7, 11) is 0. The van der Waals surface area contributed by atoms with Crippen molar-refractivity contribution in [1.29, 1.82) is 0 Å². The topological polar surface area (TPSA) is 68.0 Å². The largest absolute Gasteiger partial charge is 0.392 e. The van der Waals surface area contributed by atoms with E-state index in [4.69, 9.17) is 18.0 Å². The smallest absolute Gasteiger partial charge is 0.232 e. The molecule has 1 rings (SSSR count). The molecule has 18 heavy (non-hydrogen) atoms. The summed E-state index contributed by atoms with van der Waals surface area (Å²) in [6, 6.07) is 0. The Morgan fingerprint density at radius 2 is 2.33 bits per heavy atom. The first-order chi connectivity index (χ1) is 8.40. The predicted octanol–water partition coefficient (Wildman–Crippen LogP) is 1.81. The number of hydrogen-bond acceptors (Lipinski definition) is 4. The number of rotatable bonds is 6. The minimum atomic E-state index is -0.756. The number of thiazole rings is 1. The molecule has 0 aromatic carbocycles. The molecule has 0 radical (unpaired) electrons. The molecule has 100 valence electrons. The minimum Gasteiger partial charge on any atom is -0.392 e. The van der Waals surface area contributed by atoms with Crippen LogP contribution in [0.3, 0.4) is 0 Å². The summed E-state index contributed by atoms with van der Waals surface area (Å²) < 4.78 is 0. The summed E-state index contributed by atoms with van der Waals surface area (Å²) >= 11 is 6.57. The van der Waals surface area contributed by atoms with E-state index in [2.05, 4.69) is 10.3 Å². The Bertz CT molecular complexity index is 444. The molecule has 1 aromatic heterocycles. The van der Waals surface area contributed by atoms with Gasteiger partial charge in [0.05, 0.1) is 15.4 Å². The summed E-state index contributed by atoms with van der Waals surface area (Å²) in [6.07, 6.45) is 1.34. The number of thiocarbonyl (C=S) groups is 1. The second-order valence-electron chi connectivity index (χ2n) is 4.44. The molecule has 0 spiro atoms. The van der Waals surface area contributed by atoms with Crippen molar-refractivity contribution < 1.29 is 4.79 Å². The van der Waals surface area contributed by atoms with E-state index < -0.39 is 5.41 Å². The van der Waals surface area contributed by atoms with Crippen LogP contribution in [0.4, 0.5) is 0 Å². The number of carbonyl (C=O) groups excluding carboxylic acids is 1. The number of hydrogen-bond donors (Lipinski definition) is 2. The van der Waals surface area contributed by atoms with Gasteiger partial charge < -0.3 is 11.1 Å². The van der Waals surface area contributed by atoms with Gasteiger partial charge in [0, 0.05) is 24.0 Å². The Balaban J connectivity index is 2.48. The first-order valence-electron chi connectivity index (χ1n) is 5.89. The molecule has 0 aliphatic carbocycles. The van der Waals surface area contributed by atoms with Gasteiger partial charge in [0.15, 0.2) is 0 Å². The van der Waals surface area contributed by atoms with Gasteiger partial charge in [0.2, 0.25) is 5.91 Å². The van der Waals surface area contributed by atoms with Gasteiger partial charge in [-0.05, 0) is 20.3 Å². The molecule has 1 aromatic rings. The van der Waals surface area contributed by atoms with Gasteiger partial charge in [-0.15, -0.1) is 11.3 Å². The fourth-order valence-electron chi connectivity index (χ4n) is 1.44. The van der Waals surface area contributed by atoms with Crippen LogP contribution in [0, 0.1) is 12.3 Å². The van der Waals surface area contributed by atoms with Gasteiger partial charge in [-0.1, -0.05) is 19.1 Å². The average Bonchev–Trinajstić information content (AvgIpc) is 2.73. The van der Waals surface area contributed by atoms with Crippen molar-refractivity contribution in [1.82, 2.24) is 10.3 Å². The first kappa shape index (κ1) is 15.0. The van der Waals surface area contributed by atoms with Crippen LogP contribution < -0.4 is 11.1 Å². The highest BCUT2D eigenvalue weighted by molar-refractivity contribution is 7.80. The minimum absolute atomic E-state index is 0.106. The van der Waals surface area contributed by atoms with Crippen LogP contribution >= 0.6 is 23.6 Å². The fraction of sp³-hybridized carbons (Fsp3) is 0.583. The molecule has 0 bridgehead atoms. The Morgan fingerprint density at radius 3 is 2.78 bits per heavy atom. The number of aryl methyl sites for hydroxylation is 1. The van der Waals surface area contributed by atoms with E-state index in [-0.39, 0.29) is 10.9 Å². The maximum atomic E-state index is 12.0. The molecule has 0 fully saturated rings. The third-order valence-electron chi connectivity index (χ3n) is 3.04. The summed E-state index contributed by atoms with van der Waals surface area (Å²) in [6.45, 7) is 6.20. The molecule has 1 amide bonds. The van der Waals surface area contributed by atoms with Crippen LogP contribution in [0.15, 0.2) is 5.38 Å². The third kappa shape index (κ3) is 3.49.